The minimum atomic E-state index is -0.144. The Morgan fingerprint density at radius 1 is 1.32 bits per heavy atom. The number of rotatable bonds is 5. The van der Waals surface area contributed by atoms with Gasteiger partial charge in [-0.3, -0.25) is 14.5 Å². The normalized spacial score (nSPS) is 15.2. The van der Waals surface area contributed by atoms with Gasteiger partial charge in [-0.1, -0.05) is 11.6 Å². The number of nitrogens with zero attached hydrogens (tertiary/aromatic N) is 3. The summed E-state index contributed by atoms with van der Waals surface area (Å²) >= 11 is 6.32. The van der Waals surface area contributed by atoms with Crippen molar-refractivity contribution in [1.82, 2.24) is 20.1 Å². The number of amides is 1. The zero-order valence-electron chi connectivity index (χ0n) is 15.8. The SMILES string of the molecule is CCn1nc(C)cc1C(=O)NCC1Cc2cc(Cl)cc(-c3ccncc3)c2O1. The Balaban J connectivity index is 1.49. The first-order chi connectivity index (χ1) is 13.5. The molecule has 4 rings (SSSR count). The molecule has 1 aliphatic heterocycles. The van der Waals surface area contributed by atoms with Crippen molar-refractivity contribution in [3.05, 3.63) is 64.7 Å². The molecule has 7 heteroatoms. The van der Waals surface area contributed by atoms with Gasteiger partial charge in [0.25, 0.3) is 5.91 Å². The second-order valence-electron chi connectivity index (χ2n) is 6.82. The number of fused-ring (bicyclic) bond motifs is 1. The second kappa shape index (κ2) is 7.64. The Hall–Kier alpha value is -2.86. The Labute approximate surface area is 168 Å². The molecule has 1 aliphatic rings. The van der Waals surface area contributed by atoms with Crippen molar-refractivity contribution >= 4 is 17.5 Å². The summed E-state index contributed by atoms with van der Waals surface area (Å²) in [6, 6.07) is 9.49. The van der Waals surface area contributed by atoms with Crippen molar-refractivity contribution in [2.24, 2.45) is 0 Å². The van der Waals surface area contributed by atoms with Crippen LogP contribution in [0.3, 0.4) is 0 Å². The molecule has 144 valence electrons. The van der Waals surface area contributed by atoms with E-state index >= 15 is 0 Å². The number of carbonyl (C=O) groups is 1. The van der Waals surface area contributed by atoms with Gasteiger partial charge in [0, 0.05) is 41.5 Å². The van der Waals surface area contributed by atoms with Gasteiger partial charge in [0.2, 0.25) is 0 Å². The van der Waals surface area contributed by atoms with E-state index in [1.807, 2.05) is 38.1 Å². The van der Waals surface area contributed by atoms with Gasteiger partial charge in [-0.2, -0.15) is 5.10 Å². The molecule has 0 fully saturated rings. The molecule has 0 aliphatic carbocycles. The fraction of sp³-hybridized carbons (Fsp3) is 0.286. The summed E-state index contributed by atoms with van der Waals surface area (Å²) in [4.78, 5) is 16.6. The molecule has 0 spiro atoms. The largest absolute Gasteiger partial charge is 0.487 e. The molecule has 1 amide bonds. The molecule has 1 unspecified atom stereocenters. The summed E-state index contributed by atoms with van der Waals surface area (Å²) in [5.74, 6) is 0.679. The van der Waals surface area contributed by atoms with Crippen LogP contribution < -0.4 is 10.1 Å². The number of ether oxygens (including phenoxy) is 1. The number of pyridine rings is 1. The van der Waals surface area contributed by atoms with Crippen molar-refractivity contribution in [1.29, 1.82) is 0 Å². The molecule has 1 atom stereocenters. The van der Waals surface area contributed by atoms with E-state index in [0.29, 0.717) is 30.2 Å². The molecule has 0 saturated heterocycles. The molecule has 0 bridgehead atoms. The van der Waals surface area contributed by atoms with E-state index in [9.17, 15) is 4.79 Å². The Morgan fingerprint density at radius 3 is 2.86 bits per heavy atom. The summed E-state index contributed by atoms with van der Waals surface area (Å²) in [7, 11) is 0. The van der Waals surface area contributed by atoms with E-state index in [2.05, 4.69) is 15.4 Å². The lowest BCUT2D eigenvalue weighted by Crippen LogP contribution is -2.35. The smallest absolute Gasteiger partial charge is 0.269 e. The maximum atomic E-state index is 12.6. The number of benzene rings is 1. The van der Waals surface area contributed by atoms with Crippen molar-refractivity contribution < 1.29 is 9.53 Å². The first kappa shape index (κ1) is 18.5. The number of hydrogen-bond donors (Lipinski definition) is 1. The van der Waals surface area contributed by atoms with Crippen LogP contribution >= 0.6 is 11.6 Å². The van der Waals surface area contributed by atoms with Crippen LogP contribution in [0.1, 0.15) is 28.7 Å². The van der Waals surface area contributed by atoms with Crippen LogP contribution in [0.4, 0.5) is 0 Å². The summed E-state index contributed by atoms with van der Waals surface area (Å²) in [6.45, 7) is 4.90. The average Bonchev–Trinajstić information content (AvgIpc) is 3.28. The van der Waals surface area contributed by atoms with Crippen LogP contribution in [-0.4, -0.2) is 33.3 Å². The van der Waals surface area contributed by atoms with E-state index in [4.69, 9.17) is 16.3 Å². The molecule has 3 heterocycles. The summed E-state index contributed by atoms with van der Waals surface area (Å²) in [5.41, 5.74) is 4.39. The molecule has 1 aromatic carbocycles. The molecule has 6 nitrogen and oxygen atoms in total. The van der Waals surface area contributed by atoms with Gasteiger partial charge in [0.15, 0.2) is 0 Å². The van der Waals surface area contributed by atoms with E-state index in [-0.39, 0.29) is 12.0 Å². The quantitative estimate of drug-likeness (QED) is 0.714. The third-order valence-electron chi connectivity index (χ3n) is 4.78. The van der Waals surface area contributed by atoms with E-state index in [1.165, 1.54) is 0 Å². The van der Waals surface area contributed by atoms with Crippen molar-refractivity contribution in [3.63, 3.8) is 0 Å². The van der Waals surface area contributed by atoms with Crippen LogP contribution in [-0.2, 0) is 13.0 Å². The standard InChI is InChI=1S/C21H21ClN4O2/c1-3-26-19(8-13(2)25-26)21(27)24-12-17-10-15-9-16(22)11-18(20(15)28-17)14-4-6-23-7-5-14/h4-9,11,17H,3,10,12H2,1-2H3,(H,24,27). The monoisotopic (exact) mass is 396 g/mol. The highest BCUT2D eigenvalue weighted by Gasteiger charge is 2.27. The number of carbonyl (C=O) groups excluding carboxylic acids is 1. The molecule has 0 saturated carbocycles. The van der Waals surface area contributed by atoms with Gasteiger partial charge in [-0.25, -0.2) is 0 Å². The number of aromatic nitrogens is 3. The lowest BCUT2D eigenvalue weighted by atomic mass is 10.0. The highest BCUT2D eigenvalue weighted by Crippen LogP contribution is 2.40. The highest BCUT2D eigenvalue weighted by molar-refractivity contribution is 6.31. The average molecular weight is 397 g/mol. The number of hydrogen-bond acceptors (Lipinski definition) is 4. The topological polar surface area (TPSA) is 69.0 Å². The minimum Gasteiger partial charge on any atom is -0.487 e. The zero-order valence-corrected chi connectivity index (χ0v) is 16.5. The van der Waals surface area contributed by atoms with Crippen LogP contribution in [0.2, 0.25) is 5.02 Å². The molecular weight excluding hydrogens is 376 g/mol. The van der Waals surface area contributed by atoms with Crippen molar-refractivity contribution in [2.45, 2.75) is 32.9 Å². The number of aryl methyl sites for hydroxylation is 2. The second-order valence-corrected chi connectivity index (χ2v) is 7.25. The van der Waals surface area contributed by atoms with E-state index in [0.717, 1.165) is 28.1 Å². The lowest BCUT2D eigenvalue weighted by molar-refractivity contribution is 0.0923. The summed E-state index contributed by atoms with van der Waals surface area (Å²) < 4.78 is 7.88. The Kier molecular flexibility index (Phi) is 5.05. The molecule has 3 aromatic rings. The predicted molar refractivity (Wildman–Crippen MR) is 108 cm³/mol. The summed E-state index contributed by atoms with van der Waals surface area (Å²) in [6.07, 6.45) is 4.04. The van der Waals surface area contributed by atoms with Gasteiger partial charge in [0.1, 0.15) is 17.5 Å². The van der Waals surface area contributed by atoms with Crippen LogP contribution in [0.5, 0.6) is 5.75 Å². The third kappa shape index (κ3) is 3.60. The fourth-order valence-electron chi connectivity index (χ4n) is 3.52. The first-order valence-electron chi connectivity index (χ1n) is 9.27. The Bertz CT molecular complexity index is 1020. The third-order valence-corrected chi connectivity index (χ3v) is 5.00. The van der Waals surface area contributed by atoms with Crippen molar-refractivity contribution in [2.75, 3.05) is 6.54 Å². The van der Waals surface area contributed by atoms with Gasteiger partial charge in [-0.15, -0.1) is 0 Å². The maximum Gasteiger partial charge on any atom is 0.269 e. The molecular formula is C21H21ClN4O2. The molecule has 2 aromatic heterocycles. The van der Waals surface area contributed by atoms with Gasteiger partial charge in [-0.05, 0) is 49.7 Å². The number of halogens is 1. The first-order valence-corrected chi connectivity index (χ1v) is 9.65. The van der Waals surface area contributed by atoms with Crippen molar-refractivity contribution in [3.8, 4) is 16.9 Å². The summed E-state index contributed by atoms with van der Waals surface area (Å²) in [5, 5.41) is 7.96. The van der Waals surface area contributed by atoms with E-state index in [1.54, 1.807) is 23.1 Å². The van der Waals surface area contributed by atoms with E-state index < -0.39 is 0 Å². The van der Waals surface area contributed by atoms with Gasteiger partial charge < -0.3 is 10.1 Å². The molecule has 28 heavy (non-hydrogen) atoms. The number of nitrogens with one attached hydrogen (secondary N) is 1. The lowest BCUT2D eigenvalue weighted by Gasteiger charge is -2.14. The van der Waals surface area contributed by atoms with Gasteiger partial charge in [0.05, 0.1) is 12.2 Å². The van der Waals surface area contributed by atoms with Crippen LogP contribution in [0, 0.1) is 6.92 Å². The molecule has 0 radical (unpaired) electrons. The Morgan fingerprint density at radius 2 is 2.11 bits per heavy atom. The van der Waals surface area contributed by atoms with Gasteiger partial charge >= 0.3 is 0 Å². The van der Waals surface area contributed by atoms with Crippen LogP contribution in [0.25, 0.3) is 11.1 Å². The minimum absolute atomic E-state index is 0.142. The maximum absolute atomic E-state index is 12.6. The fourth-order valence-corrected chi connectivity index (χ4v) is 3.76. The molecule has 1 N–H and O–H groups in total. The predicted octanol–water partition coefficient (Wildman–Crippen LogP) is 3.66. The highest BCUT2D eigenvalue weighted by atomic mass is 35.5. The zero-order chi connectivity index (χ0) is 19.7. The van der Waals surface area contributed by atoms with Crippen LogP contribution in [0.15, 0.2) is 42.7 Å².